The standard InChI is InChI=1S/C24H20F4N8OS/c1-13(34(2)3)10-36-23(31-32-33-36)38-22-21(29-19-8-15(24(26,27)28)4-7-18(19)30-22)35-11-14(12-37)17-6-5-16(25)9-20(17)35/h4-9,11-13H,10H2,1-3H3. The average molecular weight is 545 g/mol. The zero-order valence-corrected chi connectivity index (χ0v) is 21.1. The summed E-state index contributed by atoms with van der Waals surface area (Å²) in [5, 5.41) is 13.0. The summed E-state index contributed by atoms with van der Waals surface area (Å²) < 4.78 is 57.5. The lowest BCUT2D eigenvalue weighted by molar-refractivity contribution is -0.137. The number of carbonyl (C=O) groups is 1. The molecule has 0 radical (unpaired) electrons. The van der Waals surface area contributed by atoms with Gasteiger partial charge in [0.2, 0.25) is 5.16 Å². The number of aromatic nitrogens is 7. The van der Waals surface area contributed by atoms with Gasteiger partial charge in [-0.05, 0) is 79.6 Å². The number of hydrogen-bond acceptors (Lipinski definition) is 8. The van der Waals surface area contributed by atoms with E-state index in [0.717, 1.165) is 23.9 Å². The lowest BCUT2D eigenvalue weighted by Crippen LogP contribution is -2.29. The minimum absolute atomic E-state index is 0.0223. The minimum atomic E-state index is -4.58. The molecule has 0 aliphatic heterocycles. The maximum absolute atomic E-state index is 14.2. The van der Waals surface area contributed by atoms with E-state index in [1.165, 1.54) is 35.0 Å². The molecule has 0 saturated carbocycles. The summed E-state index contributed by atoms with van der Waals surface area (Å²) >= 11 is 1.06. The zero-order chi connectivity index (χ0) is 27.2. The molecule has 0 N–H and O–H groups in total. The van der Waals surface area contributed by atoms with Crippen LogP contribution in [0.1, 0.15) is 22.8 Å². The Balaban J connectivity index is 1.72. The third-order valence-corrected chi connectivity index (χ3v) is 7.04. The van der Waals surface area contributed by atoms with E-state index in [1.807, 2.05) is 25.9 Å². The number of hydrogen-bond donors (Lipinski definition) is 0. The monoisotopic (exact) mass is 544 g/mol. The molecule has 0 aliphatic carbocycles. The summed E-state index contributed by atoms with van der Waals surface area (Å²) in [5.41, 5.74) is -0.139. The molecule has 38 heavy (non-hydrogen) atoms. The first-order valence-corrected chi connectivity index (χ1v) is 12.1. The topological polar surface area (TPSA) is 94.6 Å². The number of nitrogens with zero attached hydrogens (tertiary/aromatic N) is 8. The van der Waals surface area contributed by atoms with E-state index in [0.29, 0.717) is 28.9 Å². The van der Waals surface area contributed by atoms with E-state index in [-0.39, 0.29) is 33.5 Å². The van der Waals surface area contributed by atoms with E-state index in [2.05, 4.69) is 25.5 Å². The average Bonchev–Trinajstić information content (AvgIpc) is 3.46. The molecule has 0 aliphatic rings. The van der Waals surface area contributed by atoms with Crippen LogP contribution in [0.25, 0.3) is 27.8 Å². The molecule has 196 valence electrons. The molecular formula is C24H20F4N8OS. The van der Waals surface area contributed by atoms with Crippen LogP contribution in [-0.4, -0.2) is 66.1 Å². The first-order chi connectivity index (χ1) is 18.0. The van der Waals surface area contributed by atoms with Gasteiger partial charge in [-0.2, -0.15) is 13.2 Å². The Morgan fingerprint density at radius 3 is 2.61 bits per heavy atom. The van der Waals surface area contributed by atoms with Crippen LogP contribution < -0.4 is 0 Å². The first kappa shape index (κ1) is 25.7. The zero-order valence-electron chi connectivity index (χ0n) is 20.3. The van der Waals surface area contributed by atoms with Crippen LogP contribution >= 0.6 is 11.8 Å². The molecule has 0 fully saturated rings. The number of fused-ring (bicyclic) bond motifs is 2. The lowest BCUT2D eigenvalue weighted by Gasteiger charge is -2.19. The van der Waals surface area contributed by atoms with Crippen LogP contribution in [0.2, 0.25) is 0 Å². The van der Waals surface area contributed by atoms with Gasteiger partial charge >= 0.3 is 6.18 Å². The molecule has 2 aromatic carbocycles. The number of aldehydes is 1. The summed E-state index contributed by atoms with van der Waals surface area (Å²) in [4.78, 5) is 22.8. The fraction of sp³-hybridized carbons (Fsp3) is 0.250. The highest BCUT2D eigenvalue weighted by atomic mass is 32.2. The molecule has 3 aromatic heterocycles. The van der Waals surface area contributed by atoms with Gasteiger partial charge in [-0.3, -0.25) is 9.36 Å². The summed E-state index contributed by atoms with van der Waals surface area (Å²) in [7, 11) is 3.84. The maximum atomic E-state index is 14.2. The first-order valence-electron chi connectivity index (χ1n) is 11.3. The summed E-state index contributed by atoms with van der Waals surface area (Å²) in [6.45, 7) is 2.46. The van der Waals surface area contributed by atoms with Crippen LogP contribution in [0.15, 0.2) is 52.8 Å². The Morgan fingerprint density at radius 2 is 1.89 bits per heavy atom. The van der Waals surface area contributed by atoms with Crippen molar-refractivity contribution in [1.82, 2.24) is 39.6 Å². The van der Waals surface area contributed by atoms with Crippen molar-refractivity contribution in [2.45, 2.75) is 35.9 Å². The molecule has 0 bridgehead atoms. The van der Waals surface area contributed by atoms with Gasteiger partial charge < -0.3 is 4.90 Å². The van der Waals surface area contributed by atoms with Crippen molar-refractivity contribution < 1.29 is 22.4 Å². The van der Waals surface area contributed by atoms with Gasteiger partial charge in [0, 0.05) is 23.2 Å². The van der Waals surface area contributed by atoms with E-state index >= 15 is 0 Å². The molecular weight excluding hydrogens is 524 g/mol. The van der Waals surface area contributed by atoms with E-state index in [4.69, 9.17) is 0 Å². The number of benzene rings is 2. The van der Waals surface area contributed by atoms with Crippen molar-refractivity contribution in [3.05, 3.63) is 59.5 Å². The van der Waals surface area contributed by atoms with E-state index in [1.54, 1.807) is 4.68 Å². The lowest BCUT2D eigenvalue weighted by atomic mass is 10.2. The largest absolute Gasteiger partial charge is 0.416 e. The molecule has 1 atom stereocenters. The second-order valence-electron chi connectivity index (χ2n) is 8.85. The molecule has 1 unspecified atom stereocenters. The fourth-order valence-electron chi connectivity index (χ4n) is 3.81. The third kappa shape index (κ3) is 4.84. The SMILES string of the molecule is CC(Cn1nnnc1Sc1nc2ccc(C(F)(F)F)cc2nc1-n1cc(C=O)c2ccc(F)cc21)N(C)C. The quantitative estimate of drug-likeness (QED) is 0.216. The van der Waals surface area contributed by atoms with Crippen LogP contribution in [0.3, 0.4) is 0 Å². The highest BCUT2D eigenvalue weighted by Gasteiger charge is 2.31. The fourth-order valence-corrected chi connectivity index (χ4v) is 4.66. The number of rotatable bonds is 7. The minimum Gasteiger partial charge on any atom is -0.305 e. The number of halogens is 4. The van der Waals surface area contributed by atoms with Crippen molar-refractivity contribution >= 4 is 40.0 Å². The van der Waals surface area contributed by atoms with Crippen LogP contribution in [-0.2, 0) is 12.7 Å². The molecule has 0 spiro atoms. The van der Waals surface area contributed by atoms with Gasteiger partial charge in [0.05, 0.1) is 28.7 Å². The van der Waals surface area contributed by atoms with E-state index in [9.17, 15) is 22.4 Å². The van der Waals surface area contributed by atoms with Crippen molar-refractivity contribution in [3.63, 3.8) is 0 Å². The predicted molar refractivity (Wildman–Crippen MR) is 132 cm³/mol. The van der Waals surface area contributed by atoms with Gasteiger partial charge in [-0.15, -0.1) is 5.10 Å². The summed E-state index contributed by atoms with van der Waals surface area (Å²) in [6, 6.07) is 7.05. The third-order valence-electron chi connectivity index (χ3n) is 6.10. The number of carbonyl (C=O) groups excluding carboxylic acids is 1. The molecule has 5 aromatic rings. The Bertz CT molecular complexity index is 1660. The summed E-state index contributed by atoms with van der Waals surface area (Å²) in [6.07, 6.45) is -2.52. The van der Waals surface area contributed by atoms with Gasteiger partial charge in [-0.25, -0.2) is 19.0 Å². The van der Waals surface area contributed by atoms with Crippen molar-refractivity contribution in [1.29, 1.82) is 0 Å². The molecule has 14 heteroatoms. The predicted octanol–water partition coefficient (Wildman–Crippen LogP) is 4.63. The second kappa shape index (κ2) is 9.76. The number of likely N-dealkylation sites (N-methyl/N-ethyl adjacent to an activating group) is 1. The van der Waals surface area contributed by atoms with E-state index < -0.39 is 17.6 Å². The normalized spacial score (nSPS) is 13.1. The molecule has 3 heterocycles. The van der Waals surface area contributed by atoms with Gasteiger partial charge in [-0.1, -0.05) is 0 Å². The molecule has 5 rings (SSSR count). The number of alkyl halides is 3. The number of tetrazole rings is 1. The Labute approximate surface area is 217 Å². The van der Waals surface area contributed by atoms with Crippen LogP contribution in [0.4, 0.5) is 17.6 Å². The van der Waals surface area contributed by atoms with Crippen molar-refractivity contribution in [2.24, 2.45) is 0 Å². The van der Waals surface area contributed by atoms with Crippen LogP contribution in [0, 0.1) is 5.82 Å². The molecule has 0 amide bonds. The smallest absolute Gasteiger partial charge is 0.305 e. The second-order valence-corrected chi connectivity index (χ2v) is 9.80. The van der Waals surface area contributed by atoms with Gasteiger partial charge in [0.1, 0.15) is 10.8 Å². The molecule has 0 saturated heterocycles. The van der Waals surface area contributed by atoms with Gasteiger partial charge in [0.25, 0.3) is 0 Å². The Hall–Kier alpha value is -3.91. The Morgan fingerprint density at radius 1 is 1.11 bits per heavy atom. The Kier molecular flexibility index (Phi) is 6.61. The maximum Gasteiger partial charge on any atom is 0.416 e. The highest BCUT2D eigenvalue weighted by molar-refractivity contribution is 7.99. The van der Waals surface area contributed by atoms with Gasteiger partial charge in [0.15, 0.2) is 12.1 Å². The molecule has 9 nitrogen and oxygen atoms in total. The van der Waals surface area contributed by atoms with Crippen molar-refractivity contribution in [3.8, 4) is 5.82 Å². The highest BCUT2D eigenvalue weighted by Crippen LogP contribution is 2.35. The summed E-state index contributed by atoms with van der Waals surface area (Å²) in [5.74, 6) is -0.459. The van der Waals surface area contributed by atoms with Crippen molar-refractivity contribution in [2.75, 3.05) is 14.1 Å². The van der Waals surface area contributed by atoms with Crippen LogP contribution in [0.5, 0.6) is 0 Å².